The molecule has 3 aromatic heterocycles. The molecule has 148 valence electrons. The van der Waals surface area contributed by atoms with E-state index in [1.807, 2.05) is 4.90 Å². The predicted molar refractivity (Wildman–Crippen MR) is 106 cm³/mol. The monoisotopic (exact) mass is 396 g/mol. The van der Waals surface area contributed by atoms with Gasteiger partial charge in [0.05, 0.1) is 24.6 Å². The topological polar surface area (TPSA) is 146 Å². The molecule has 0 aliphatic carbocycles. The van der Waals surface area contributed by atoms with E-state index in [4.69, 9.17) is 16.2 Å². The van der Waals surface area contributed by atoms with Crippen molar-refractivity contribution in [2.45, 2.75) is 0 Å². The highest BCUT2D eigenvalue weighted by molar-refractivity contribution is 5.76. The highest BCUT2D eigenvalue weighted by Gasteiger charge is 2.19. The largest absolute Gasteiger partial charge is 0.381 e. The number of anilines is 3. The molecule has 0 saturated carbocycles. The predicted octanol–water partition coefficient (Wildman–Crippen LogP) is 2.14. The average Bonchev–Trinajstić information content (AvgIpc) is 2.75. The molecule has 10 nitrogen and oxygen atoms in total. The van der Waals surface area contributed by atoms with Crippen LogP contribution in [0.3, 0.4) is 0 Å². The van der Waals surface area contributed by atoms with Gasteiger partial charge in [0, 0.05) is 30.9 Å². The van der Waals surface area contributed by atoms with Gasteiger partial charge < -0.3 is 21.1 Å². The van der Waals surface area contributed by atoms with Gasteiger partial charge in [-0.05, 0) is 23.4 Å². The minimum atomic E-state index is -0.700. The molecule has 29 heavy (non-hydrogen) atoms. The van der Waals surface area contributed by atoms with E-state index in [9.17, 15) is 9.30 Å². The van der Waals surface area contributed by atoms with Crippen LogP contribution in [0.4, 0.5) is 27.7 Å². The zero-order chi connectivity index (χ0) is 20.4. The van der Waals surface area contributed by atoms with Crippen LogP contribution in [0, 0.1) is 10.7 Å². The van der Waals surface area contributed by atoms with Gasteiger partial charge in [-0.15, -0.1) is 4.91 Å². The molecule has 0 amide bonds. The van der Waals surface area contributed by atoms with Crippen LogP contribution in [0.2, 0.25) is 0 Å². The number of aromatic nitrogens is 4. The number of morpholine rings is 1. The van der Waals surface area contributed by atoms with Crippen molar-refractivity contribution >= 4 is 23.3 Å². The van der Waals surface area contributed by atoms with Crippen molar-refractivity contribution in [1.82, 2.24) is 19.9 Å². The molecule has 4 rings (SSSR count). The number of nitrogens with two attached hydrogens (primary N) is 2. The lowest BCUT2D eigenvalue weighted by atomic mass is 10.1. The molecule has 0 unspecified atom stereocenters. The van der Waals surface area contributed by atoms with E-state index in [1.165, 1.54) is 24.4 Å². The van der Waals surface area contributed by atoms with Crippen LogP contribution in [0.25, 0.3) is 22.6 Å². The Morgan fingerprint density at radius 1 is 1.07 bits per heavy atom. The molecule has 0 radical (unpaired) electrons. The summed E-state index contributed by atoms with van der Waals surface area (Å²) in [6.07, 6.45) is 1.38. The van der Waals surface area contributed by atoms with E-state index in [-0.39, 0.29) is 34.4 Å². The van der Waals surface area contributed by atoms with Crippen molar-refractivity contribution in [2.75, 3.05) is 42.7 Å². The number of ether oxygens (including phenoxy) is 1. The van der Waals surface area contributed by atoms with Crippen LogP contribution in [-0.4, -0.2) is 46.2 Å². The second-order valence-electron chi connectivity index (χ2n) is 6.28. The van der Waals surface area contributed by atoms with Crippen LogP contribution in [0.5, 0.6) is 0 Å². The summed E-state index contributed by atoms with van der Waals surface area (Å²) in [5, 5.41) is 3.02. The van der Waals surface area contributed by atoms with Gasteiger partial charge in [0.1, 0.15) is 17.2 Å². The zero-order valence-corrected chi connectivity index (χ0v) is 15.2. The lowest BCUT2D eigenvalue weighted by Gasteiger charge is -2.28. The highest BCUT2D eigenvalue weighted by atomic mass is 19.1. The number of hydrogen-bond acceptors (Lipinski definition) is 10. The Kier molecular flexibility index (Phi) is 4.96. The summed E-state index contributed by atoms with van der Waals surface area (Å²) in [7, 11) is 0. The number of nitrogen functional groups attached to an aromatic ring is 2. The van der Waals surface area contributed by atoms with Crippen LogP contribution >= 0.6 is 0 Å². The molecule has 1 saturated heterocycles. The lowest BCUT2D eigenvalue weighted by molar-refractivity contribution is 0.122. The molecule has 1 fully saturated rings. The highest BCUT2D eigenvalue weighted by Crippen LogP contribution is 2.33. The Morgan fingerprint density at radius 2 is 1.86 bits per heavy atom. The molecule has 0 atom stereocenters. The van der Waals surface area contributed by atoms with E-state index in [0.717, 1.165) is 0 Å². The number of halogens is 1. The Bertz CT molecular complexity index is 1070. The fourth-order valence-corrected chi connectivity index (χ4v) is 3.05. The van der Waals surface area contributed by atoms with Crippen LogP contribution < -0.4 is 16.4 Å². The lowest BCUT2D eigenvalue weighted by Crippen LogP contribution is -2.36. The van der Waals surface area contributed by atoms with Crippen molar-refractivity contribution in [3.05, 3.63) is 41.2 Å². The number of nitrogens with zero attached hydrogens (tertiary/aromatic N) is 6. The third-order valence-corrected chi connectivity index (χ3v) is 4.47. The maximum Gasteiger partial charge on any atom is 0.222 e. The maximum atomic E-state index is 14.4. The SMILES string of the molecule is Nc1nc(-c2nc(-c3ccnc(N)c3F)ccc2N=O)cc(N2CCOCC2)n1. The molecule has 0 aromatic carbocycles. The molecule has 3 aromatic rings. The van der Waals surface area contributed by atoms with E-state index in [2.05, 4.69) is 25.1 Å². The first-order valence-electron chi connectivity index (χ1n) is 8.79. The second kappa shape index (κ2) is 7.72. The van der Waals surface area contributed by atoms with Gasteiger partial charge in [0.2, 0.25) is 5.95 Å². The summed E-state index contributed by atoms with van der Waals surface area (Å²) in [5.74, 6) is -0.343. The summed E-state index contributed by atoms with van der Waals surface area (Å²) >= 11 is 0. The zero-order valence-electron chi connectivity index (χ0n) is 15.2. The second-order valence-corrected chi connectivity index (χ2v) is 6.28. The Morgan fingerprint density at radius 3 is 2.62 bits per heavy atom. The Labute approximate surface area is 164 Å². The number of hydrogen-bond donors (Lipinski definition) is 2. The van der Waals surface area contributed by atoms with Crippen molar-refractivity contribution < 1.29 is 9.13 Å². The third kappa shape index (κ3) is 3.67. The van der Waals surface area contributed by atoms with E-state index < -0.39 is 5.82 Å². The van der Waals surface area contributed by atoms with Crippen molar-refractivity contribution in [1.29, 1.82) is 0 Å². The molecule has 11 heteroatoms. The molecule has 1 aliphatic rings. The maximum absolute atomic E-state index is 14.4. The summed E-state index contributed by atoms with van der Waals surface area (Å²) in [5.41, 5.74) is 12.3. The smallest absolute Gasteiger partial charge is 0.222 e. The number of pyridine rings is 2. The molecule has 0 spiro atoms. The minimum Gasteiger partial charge on any atom is -0.381 e. The molecule has 4 heterocycles. The first-order chi connectivity index (χ1) is 14.1. The van der Waals surface area contributed by atoms with E-state index in [0.29, 0.717) is 37.8 Å². The Balaban J connectivity index is 1.82. The first-order valence-corrected chi connectivity index (χ1v) is 8.79. The Hall–Kier alpha value is -3.73. The van der Waals surface area contributed by atoms with Crippen LogP contribution in [0.1, 0.15) is 0 Å². The minimum absolute atomic E-state index is 0.0207. The molecule has 4 N–H and O–H groups in total. The van der Waals surface area contributed by atoms with E-state index >= 15 is 0 Å². The van der Waals surface area contributed by atoms with Gasteiger partial charge in [0.15, 0.2) is 11.6 Å². The molecular formula is C18H17FN8O2. The summed E-state index contributed by atoms with van der Waals surface area (Å²) in [4.78, 5) is 29.9. The third-order valence-electron chi connectivity index (χ3n) is 4.47. The van der Waals surface area contributed by atoms with Gasteiger partial charge >= 0.3 is 0 Å². The van der Waals surface area contributed by atoms with Crippen molar-refractivity contribution in [3.63, 3.8) is 0 Å². The number of rotatable bonds is 4. The van der Waals surface area contributed by atoms with Gasteiger partial charge in [0.25, 0.3) is 0 Å². The van der Waals surface area contributed by atoms with Gasteiger partial charge in [-0.2, -0.15) is 4.98 Å². The summed E-state index contributed by atoms with van der Waals surface area (Å²) in [6, 6.07) is 6.03. The average molecular weight is 396 g/mol. The van der Waals surface area contributed by atoms with Crippen molar-refractivity contribution in [3.8, 4) is 22.6 Å². The standard InChI is InChI=1S/C18H17FN8O2/c19-15-10(3-4-22-17(15)20)11-1-2-12(26-28)16(23-11)13-9-14(25-18(21)24-13)27-5-7-29-8-6-27/h1-4,9H,5-8H2,(H2,20,22)(H2,21,24,25). The fourth-order valence-electron chi connectivity index (χ4n) is 3.05. The quantitative estimate of drug-likeness (QED) is 0.633. The normalized spacial score (nSPS) is 14.0. The van der Waals surface area contributed by atoms with Gasteiger partial charge in [-0.1, -0.05) is 0 Å². The van der Waals surface area contributed by atoms with Crippen LogP contribution in [0.15, 0.2) is 35.6 Å². The van der Waals surface area contributed by atoms with Crippen molar-refractivity contribution in [2.24, 2.45) is 5.18 Å². The fraction of sp³-hybridized carbons (Fsp3) is 0.222. The van der Waals surface area contributed by atoms with Gasteiger partial charge in [-0.3, -0.25) is 0 Å². The summed E-state index contributed by atoms with van der Waals surface area (Å²) < 4.78 is 19.8. The van der Waals surface area contributed by atoms with E-state index in [1.54, 1.807) is 6.07 Å². The van der Waals surface area contributed by atoms with Crippen LogP contribution in [-0.2, 0) is 4.74 Å². The number of nitroso groups, excluding NO2 is 1. The molecule has 1 aliphatic heterocycles. The summed E-state index contributed by atoms with van der Waals surface area (Å²) in [6.45, 7) is 2.42. The first kappa shape index (κ1) is 18.6. The molecular weight excluding hydrogens is 379 g/mol. The molecule has 0 bridgehead atoms. The van der Waals surface area contributed by atoms with Gasteiger partial charge in [-0.25, -0.2) is 19.3 Å².